The van der Waals surface area contributed by atoms with Gasteiger partial charge in [0.1, 0.15) is 4.90 Å². The number of benzene rings is 1. The van der Waals surface area contributed by atoms with Crippen LogP contribution in [0.15, 0.2) is 17.0 Å². The summed E-state index contributed by atoms with van der Waals surface area (Å²) in [6.07, 6.45) is 3.08. The lowest BCUT2D eigenvalue weighted by Crippen LogP contribution is -2.29. The first kappa shape index (κ1) is 15.5. The molecule has 2 atom stereocenters. The molecule has 0 aliphatic heterocycles. The van der Waals surface area contributed by atoms with Gasteiger partial charge in [0.05, 0.1) is 5.69 Å². The van der Waals surface area contributed by atoms with Gasteiger partial charge in [-0.05, 0) is 36.8 Å². The molecule has 1 fully saturated rings. The molecular formula is C13H18ClFN2O2S. The molecule has 0 aromatic heterocycles. The summed E-state index contributed by atoms with van der Waals surface area (Å²) in [5.41, 5.74) is 5.13. The summed E-state index contributed by atoms with van der Waals surface area (Å²) < 4.78 is 40.5. The van der Waals surface area contributed by atoms with Gasteiger partial charge in [-0.15, -0.1) is 0 Å². The van der Waals surface area contributed by atoms with Gasteiger partial charge in [0.25, 0.3) is 0 Å². The number of nitrogens with one attached hydrogen (secondary N) is 1. The molecule has 0 saturated heterocycles. The van der Waals surface area contributed by atoms with Crippen molar-refractivity contribution >= 4 is 27.3 Å². The van der Waals surface area contributed by atoms with Crippen LogP contribution in [0.4, 0.5) is 10.1 Å². The fourth-order valence-electron chi connectivity index (χ4n) is 2.60. The Morgan fingerprint density at radius 1 is 1.45 bits per heavy atom. The van der Waals surface area contributed by atoms with Crippen molar-refractivity contribution in [3.63, 3.8) is 0 Å². The Hall–Kier alpha value is -0.850. The molecule has 0 heterocycles. The lowest BCUT2D eigenvalue weighted by atomic mass is 10.1. The van der Waals surface area contributed by atoms with Crippen molar-refractivity contribution in [2.45, 2.75) is 31.1 Å². The second-order valence-corrected chi connectivity index (χ2v) is 7.62. The maximum atomic E-state index is 13.8. The van der Waals surface area contributed by atoms with Gasteiger partial charge in [0, 0.05) is 11.6 Å². The molecule has 7 heteroatoms. The fraction of sp³-hybridized carbons (Fsp3) is 0.538. The smallest absolute Gasteiger partial charge is 0.243 e. The summed E-state index contributed by atoms with van der Waals surface area (Å²) in [5.74, 6) is -0.0379. The molecule has 1 saturated carbocycles. The second-order valence-electron chi connectivity index (χ2n) is 5.44. The monoisotopic (exact) mass is 320 g/mol. The van der Waals surface area contributed by atoms with E-state index in [0.29, 0.717) is 18.4 Å². The van der Waals surface area contributed by atoms with Gasteiger partial charge in [-0.3, -0.25) is 0 Å². The molecule has 1 aromatic carbocycles. The highest BCUT2D eigenvalue weighted by atomic mass is 35.5. The third kappa shape index (κ3) is 3.42. The molecule has 0 spiro atoms. The van der Waals surface area contributed by atoms with Crippen molar-refractivity contribution in [2.24, 2.45) is 11.8 Å². The molecule has 2 rings (SSSR count). The number of hydrogen-bond acceptors (Lipinski definition) is 3. The van der Waals surface area contributed by atoms with Crippen LogP contribution in [0.2, 0.25) is 5.02 Å². The van der Waals surface area contributed by atoms with Gasteiger partial charge < -0.3 is 5.73 Å². The van der Waals surface area contributed by atoms with Crippen molar-refractivity contribution in [2.75, 3.05) is 12.3 Å². The summed E-state index contributed by atoms with van der Waals surface area (Å²) in [5, 5.41) is 0.0961. The largest absolute Gasteiger partial charge is 0.396 e. The summed E-state index contributed by atoms with van der Waals surface area (Å²) in [6, 6.07) is 2.27. The predicted octanol–water partition coefficient (Wildman–Crippen LogP) is 2.78. The van der Waals surface area contributed by atoms with E-state index in [1.54, 1.807) is 0 Å². The van der Waals surface area contributed by atoms with Crippen LogP contribution in [0.25, 0.3) is 0 Å². The molecular weight excluding hydrogens is 303 g/mol. The summed E-state index contributed by atoms with van der Waals surface area (Å²) >= 11 is 5.74. The fourth-order valence-corrected chi connectivity index (χ4v) is 4.13. The van der Waals surface area contributed by atoms with Crippen molar-refractivity contribution < 1.29 is 12.8 Å². The first-order valence-corrected chi connectivity index (χ1v) is 8.40. The van der Waals surface area contributed by atoms with Gasteiger partial charge in [-0.25, -0.2) is 17.5 Å². The first-order chi connectivity index (χ1) is 9.29. The highest BCUT2D eigenvalue weighted by Crippen LogP contribution is 2.30. The maximum absolute atomic E-state index is 13.8. The highest BCUT2D eigenvalue weighted by Gasteiger charge is 2.26. The minimum absolute atomic E-state index is 0.0961. The van der Waals surface area contributed by atoms with E-state index in [9.17, 15) is 12.8 Å². The van der Waals surface area contributed by atoms with Gasteiger partial charge in [0.2, 0.25) is 10.0 Å². The van der Waals surface area contributed by atoms with E-state index in [-0.39, 0.29) is 10.7 Å². The molecule has 3 N–H and O–H groups in total. The van der Waals surface area contributed by atoms with E-state index in [1.807, 2.05) is 0 Å². The van der Waals surface area contributed by atoms with Crippen LogP contribution in [-0.2, 0) is 10.0 Å². The SMILES string of the molecule is CC1CCC(CNS(=O)(=O)c2cc(Cl)cc(N)c2F)C1. The lowest BCUT2D eigenvalue weighted by Gasteiger charge is -2.13. The number of hydrogen-bond donors (Lipinski definition) is 2. The van der Waals surface area contributed by atoms with Crippen LogP contribution in [0.5, 0.6) is 0 Å². The Morgan fingerprint density at radius 2 is 2.15 bits per heavy atom. The van der Waals surface area contributed by atoms with E-state index in [1.165, 1.54) is 6.07 Å². The molecule has 112 valence electrons. The number of rotatable bonds is 4. The van der Waals surface area contributed by atoms with Crippen LogP contribution >= 0.6 is 11.6 Å². The van der Waals surface area contributed by atoms with Crippen LogP contribution in [0, 0.1) is 17.7 Å². The van der Waals surface area contributed by atoms with E-state index in [4.69, 9.17) is 17.3 Å². The number of nitrogens with two attached hydrogens (primary N) is 1. The van der Waals surface area contributed by atoms with Crippen LogP contribution < -0.4 is 10.5 Å². The zero-order chi connectivity index (χ0) is 14.9. The highest BCUT2D eigenvalue weighted by molar-refractivity contribution is 7.89. The lowest BCUT2D eigenvalue weighted by molar-refractivity contribution is 0.495. The summed E-state index contributed by atoms with van der Waals surface area (Å²) in [4.78, 5) is -0.492. The van der Waals surface area contributed by atoms with Crippen molar-refractivity contribution in [1.29, 1.82) is 0 Å². The predicted molar refractivity (Wildman–Crippen MR) is 77.5 cm³/mol. The Balaban J connectivity index is 2.14. The maximum Gasteiger partial charge on any atom is 0.243 e. The number of halogens is 2. The van der Waals surface area contributed by atoms with Crippen molar-refractivity contribution in [3.8, 4) is 0 Å². The molecule has 20 heavy (non-hydrogen) atoms. The minimum atomic E-state index is -3.93. The second kappa shape index (κ2) is 5.87. The van der Waals surface area contributed by atoms with Crippen LogP contribution in [0.3, 0.4) is 0 Å². The molecule has 2 unspecified atom stereocenters. The van der Waals surface area contributed by atoms with E-state index < -0.39 is 20.7 Å². The van der Waals surface area contributed by atoms with E-state index >= 15 is 0 Å². The number of nitrogen functional groups attached to an aromatic ring is 1. The standard InChI is InChI=1S/C13H18ClFN2O2S/c1-8-2-3-9(4-8)7-17-20(18,19)12-6-10(14)5-11(16)13(12)15/h5-6,8-9,17H,2-4,7,16H2,1H3. The molecule has 1 aliphatic carbocycles. The average Bonchev–Trinajstić information content (AvgIpc) is 2.77. The quantitative estimate of drug-likeness (QED) is 0.838. The molecule has 0 bridgehead atoms. The zero-order valence-corrected chi connectivity index (χ0v) is 12.8. The average molecular weight is 321 g/mol. The Labute approximate surface area is 123 Å². The van der Waals surface area contributed by atoms with E-state index in [2.05, 4.69) is 11.6 Å². The van der Waals surface area contributed by atoms with Gasteiger partial charge in [-0.2, -0.15) is 0 Å². The zero-order valence-electron chi connectivity index (χ0n) is 11.2. The third-order valence-corrected chi connectivity index (χ3v) is 5.33. The number of sulfonamides is 1. The van der Waals surface area contributed by atoms with Gasteiger partial charge in [0.15, 0.2) is 5.82 Å². The number of anilines is 1. The van der Waals surface area contributed by atoms with Crippen molar-refractivity contribution in [3.05, 3.63) is 23.0 Å². The normalized spacial score (nSPS) is 23.1. The van der Waals surface area contributed by atoms with Gasteiger partial charge >= 0.3 is 0 Å². The summed E-state index contributed by atoms with van der Waals surface area (Å²) in [7, 11) is -3.93. The Bertz CT molecular complexity index is 607. The topological polar surface area (TPSA) is 72.2 Å². The first-order valence-electron chi connectivity index (χ1n) is 6.54. The summed E-state index contributed by atoms with van der Waals surface area (Å²) in [6.45, 7) is 2.46. The van der Waals surface area contributed by atoms with Crippen molar-refractivity contribution in [1.82, 2.24) is 4.72 Å². The Kier molecular flexibility index (Phi) is 4.56. The molecule has 4 nitrogen and oxygen atoms in total. The molecule has 0 amide bonds. The van der Waals surface area contributed by atoms with Crippen LogP contribution in [-0.4, -0.2) is 15.0 Å². The minimum Gasteiger partial charge on any atom is -0.396 e. The molecule has 1 aromatic rings. The Morgan fingerprint density at radius 3 is 2.75 bits per heavy atom. The molecule has 0 radical (unpaired) electrons. The van der Waals surface area contributed by atoms with Gasteiger partial charge in [-0.1, -0.05) is 24.9 Å². The van der Waals surface area contributed by atoms with E-state index in [0.717, 1.165) is 25.3 Å². The third-order valence-electron chi connectivity index (χ3n) is 3.69. The van der Waals surface area contributed by atoms with Crippen LogP contribution in [0.1, 0.15) is 26.2 Å². The molecule has 1 aliphatic rings.